The van der Waals surface area contributed by atoms with Crippen LogP contribution in [0.5, 0.6) is 0 Å². The van der Waals surface area contributed by atoms with E-state index in [9.17, 15) is 9.59 Å². The highest BCUT2D eigenvalue weighted by atomic mass is 79.9. The third-order valence-corrected chi connectivity index (χ3v) is 4.89. The topological polar surface area (TPSA) is 46.2 Å². The van der Waals surface area contributed by atoms with Crippen LogP contribution < -0.4 is 5.32 Å². The van der Waals surface area contributed by atoms with E-state index < -0.39 is 0 Å². The van der Waals surface area contributed by atoms with E-state index in [1.165, 1.54) is 0 Å². The first-order valence-electron chi connectivity index (χ1n) is 6.59. The van der Waals surface area contributed by atoms with Crippen LogP contribution in [-0.2, 0) is 9.59 Å². The van der Waals surface area contributed by atoms with Gasteiger partial charge in [0.1, 0.15) is 0 Å². The minimum atomic E-state index is -0.186. The van der Waals surface area contributed by atoms with Crippen LogP contribution in [0.3, 0.4) is 0 Å². The molecule has 0 radical (unpaired) electrons. The van der Waals surface area contributed by atoms with Gasteiger partial charge in [-0.15, -0.1) is 0 Å². The van der Waals surface area contributed by atoms with E-state index in [0.29, 0.717) is 12.3 Å². The lowest BCUT2D eigenvalue weighted by Crippen LogP contribution is -2.55. The van der Waals surface area contributed by atoms with Crippen LogP contribution in [-0.4, -0.2) is 11.8 Å². The molecular weight excluding hydrogens is 306 g/mol. The average molecular weight is 322 g/mol. The van der Waals surface area contributed by atoms with Gasteiger partial charge in [0.15, 0.2) is 0 Å². The summed E-state index contributed by atoms with van der Waals surface area (Å²) in [5.74, 6) is 0.168. The zero-order valence-electron chi connectivity index (χ0n) is 10.8. The highest BCUT2D eigenvalue weighted by Crippen LogP contribution is 2.58. The van der Waals surface area contributed by atoms with Crippen molar-refractivity contribution in [2.75, 3.05) is 0 Å². The maximum absolute atomic E-state index is 12.3. The lowest BCUT2D eigenvalue weighted by atomic mass is 9.52. The van der Waals surface area contributed by atoms with Crippen molar-refractivity contribution >= 4 is 27.7 Å². The smallest absolute Gasteiger partial charge is 0.234 e. The number of amides is 2. The molecule has 1 aliphatic carbocycles. The number of benzene rings is 1. The summed E-state index contributed by atoms with van der Waals surface area (Å²) in [7, 11) is 0. The Balaban J connectivity index is 1.98. The van der Waals surface area contributed by atoms with E-state index in [1.807, 2.05) is 24.3 Å². The summed E-state index contributed by atoms with van der Waals surface area (Å²) in [6.07, 6.45) is 2.41. The molecule has 1 N–H and O–H groups in total. The lowest BCUT2D eigenvalue weighted by molar-refractivity contribution is -0.145. The molecule has 1 heterocycles. The van der Waals surface area contributed by atoms with Gasteiger partial charge in [-0.1, -0.05) is 35.0 Å². The van der Waals surface area contributed by atoms with E-state index in [1.54, 1.807) is 0 Å². The number of hydrogen-bond acceptors (Lipinski definition) is 2. The van der Waals surface area contributed by atoms with Crippen molar-refractivity contribution in [3.05, 3.63) is 34.3 Å². The van der Waals surface area contributed by atoms with Crippen molar-refractivity contribution in [2.24, 2.45) is 11.3 Å². The first kappa shape index (κ1) is 12.9. The minimum absolute atomic E-state index is 0.120. The number of nitrogens with one attached hydrogen (secondary N) is 1. The molecule has 1 unspecified atom stereocenters. The highest BCUT2D eigenvalue weighted by molar-refractivity contribution is 9.10. The molecule has 2 amide bonds. The molecule has 4 heteroatoms. The summed E-state index contributed by atoms with van der Waals surface area (Å²) in [5.41, 5.74) is 0.868. The van der Waals surface area contributed by atoms with Gasteiger partial charge >= 0.3 is 0 Å². The molecule has 3 nitrogen and oxygen atoms in total. The summed E-state index contributed by atoms with van der Waals surface area (Å²) < 4.78 is 1.000. The van der Waals surface area contributed by atoms with Crippen molar-refractivity contribution in [1.29, 1.82) is 0 Å². The first-order chi connectivity index (χ1) is 9.00. The Hall–Kier alpha value is -1.16. The van der Waals surface area contributed by atoms with E-state index >= 15 is 0 Å². The Bertz CT molecular complexity index is 532. The van der Waals surface area contributed by atoms with Crippen molar-refractivity contribution in [3.8, 4) is 0 Å². The van der Waals surface area contributed by atoms with Crippen LogP contribution >= 0.6 is 15.9 Å². The fourth-order valence-corrected chi connectivity index (χ4v) is 4.09. The number of halogens is 1. The van der Waals surface area contributed by atoms with Gasteiger partial charge in [-0.25, -0.2) is 0 Å². The highest BCUT2D eigenvalue weighted by Gasteiger charge is 2.55. The van der Waals surface area contributed by atoms with E-state index in [4.69, 9.17) is 0 Å². The van der Waals surface area contributed by atoms with Crippen molar-refractivity contribution in [1.82, 2.24) is 5.32 Å². The standard InChI is InChI=1S/C15H16BrNO2/c1-9-6-15(7-9)8-12(18)17-14(19)13(15)10-2-4-11(16)5-3-10/h2-5,9,13H,6-8H2,1H3,(H,17,18,19). The van der Waals surface area contributed by atoms with Crippen molar-refractivity contribution in [3.63, 3.8) is 0 Å². The van der Waals surface area contributed by atoms with Crippen LogP contribution in [0.4, 0.5) is 0 Å². The Labute approximate surface area is 120 Å². The molecule has 1 saturated heterocycles. The van der Waals surface area contributed by atoms with E-state index in [0.717, 1.165) is 22.9 Å². The molecule has 19 heavy (non-hydrogen) atoms. The third-order valence-electron chi connectivity index (χ3n) is 4.36. The molecule has 3 rings (SSSR count). The second-order valence-corrected chi connectivity index (χ2v) is 6.87. The molecule has 2 aliphatic rings. The van der Waals surface area contributed by atoms with E-state index in [-0.39, 0.29) is 23.1 Å². The predicted molar refractivity (Wildman–Crippen MR) is 75.5 cm³/mol. The Morgan fingerprint density at radius 3 is 2.42 bits per heavy atom. The molecule has 1 aromatic rings. The fourth-order valence-electron chi connectivity index (χ4n) is 3.82. The molecule has 0 aromatic heterocycles. The number of carbonyl (C=O) groups excluding carboxylic acids is 2. The van der Waals surface area contributed by atoms with Gasteiger partial charge in [0.05, 0.1) is 5.92 Å². The minimum Gasteiger partial charge on any atom is -0.296 e. The van der Waals surface area contributed by atoms with Crippen LogP contribution in [0, 0.1) is 11.3 Å². The molecule has 1 atom stereocenters. The SMILES string of the molecule is CC1CC2(CC(=O)NC(=O)C2c2ccc(Br)cc2)C1. The van der Waals surface area contributed by atoms with Gasteiger partial charge in [0.25, 0.3) is 0 Å². The molecule has 2 fully saturated rings. The Morgan fingerprint density at radius 2 is 1.84 bits per heavy atom. The number of hydrogen-bond donors (Lipinski definition) is 1. The number of carbonyl (C=O) groups is 2. The summed E-state index contributed by atoms with van der Waals surface area (Å²) in [5, 5.41) is 2.49. The summed E-state index contributed by atoms with van der Waals surface area (Å²) in [4.78, 5) is 23.9. The monoisotopic (exact) mass is 321 g/mol. The Morgan fingerprint density at radius 1 is 1.21 bits per heavy atom. The maximum atomic E-state index is 12.3. The third kappa shape index (κ3) is 2.12. The summed E-state index contributed by atoms with van der Waals surface area (Å²) in [6, 6.07) is 7.87. The van der Waals surface area contributed by atoms with E-state index in [2.05, 4.69) is 28.2 Å². The summed E-state index contributed by atoms with van der Waals surface area (Å²) >= 11 is 3.41. The maximum Gasteiger partial charge on any atom is 0.234 e. The van der Waals surface area contributed by atoms with Gasteiger partial charge in [0, 0.05) is 10.9 Å². The molecule has 1 saturated carbocycles. The van der Waals surface area contributed by atoms with Gasteiger partial charge in [-0.05, 0) is 41.9 Å². The zero-order valence-corrected chi connectivity index (χ0v) is 12.4. The lowest BCUT2D eigenvalue weighted by Gasteiger charge is -2.52. The normalized spacial score (nSPS) is 34.0. The molecular formula is C15H16BrNO2. The number of imide groups is 1. The second-order valence-electron chi connectivity index (χ2n) is 5.95. The van der Waals surface area contributed by atoms with Gasteiger partial charge in [0.2, 0.25) is 11.8 Å². The Kier molecular flexibility index (Phi) is 3.01. The summed E-state index contributed by atoms with van der Waals surface area (Å²) in [6.45, 7) is 2.18. The van der Waals surface area contributed by atoms with Gasteiger partial charge < -0.3 is 0 Å². The van der Waals surface area contributed by atoms with Crippen molar-refractivity contribution in [2.45, 2.75) is 32.1 Å². The number of piperidine rings is 1. The quantitative estimate of drug-likeness (QED) is 0.808. The molecule has 1 aromatic carbocycles. The largest absolute Gasteiger partial charge is 0.296 e. The predicted octanol–water partition coefficient (Wildman–Crippen LogP) is 3.00. The first-order valence-corrected chi connectivity index (χ1v) is 7.39. The van der Waals surface area contributed by atoms with Gasteiger partial charge in [-0.3, -0.25) is 14.9 Å². The second kappa shape index (κ2) is 4.44. The molecule has 1 aliphatic heterocycles. The molecule has 1 spiro atoms. The van der Waals surface area contributed by atoms with Crippen molar-refractivity contribution < 1.29 is 9.59 Å². The number of rotatable bonds is 1. The van der Waals surface area contributed by atoms with Crippen LogP contribution in [0.15, 0.2) is 28.7 Å². The van der Waals surface area contributed by atoms with Gasteiger partial charge in [-0.2, -0.15) is 0 Å². The van der Waals surface area contributed by atoms with Crippen LogP contribution in [0.2, 0.25) is 0 Å². The van der Waals surface area contributed by atoms with Crippen LogP contribution in [0.1, 0.15) is 37.7 Å². The zero-order chi connectivity index (χ0) is 13.6. The fraction of sp³-hybridized carbons (Fsp3) is 0.467. The molecule has 0 bridgehead atoms. The average Bonchev–Trinajstić information content (AvgIpc) is 2.28. The molecule has 100 valence electrons. The van der Waals surface area contributed by atoms with Crippen LogP contribution in [0.25, 0.3) is 0 Å².